The van der Waals surface area contributed by atoms with E-state index in [0.29, 0.717) is 6.04 Å². The summed E-state index contributed by atoms with van der Waals surface area (Å²) in [7, 11) is 0. The molecule has 2 heteroatoms. The van der Waals surface area contributed by atoms with Gasteiger partial charge in [0, 0.05) is 11.6 Å². The molecule has 0 aliphatic heterocycles. The fourth-order valence-electron chi connectivity index (χ4n) is 3.28. The molecular formula is C19H22FN. The van der Waals surface area contributed by atoms with Crippen molar-refractivity contribution in [1.82, 2.24) is 5.32 Å². The second-order valence-electron chi connectivity index (χ2n) is 5.90. The van der Waals surface area contributed by atoms with Crippen molar-refractivity contribution >= 4 is 0 Å². The third-order valence-corrected chi connectivity index (χ3v) is 4.32. The molecule has 2 aromatic rings. The molecule has 0 saturated carbocycles. The van der Waals surface area contributed by atoms with Crippen molar-refractivity contribution in [2.24, 2.45) is 0 Å². The summed E-state index contributed by atoms with van der Waals surface area (Å²) in [5, 5.41) is 3.60. The van der Waals surface area contributed by atoms with Crippen molar-refractivity contribution in [3.63, 3.8) is 0 Å². The molecule has 0 heterocycles. The Hall–Kier alpha value is -1.67. The second-order valence-corrected chi connectivity index (χ2v) is 5.90. The van der Waals surface area contributed by atoms with Gasteiger partial charge >= 0.3 is 0 Å². The largest absolute Gasteiger partial charge is 0.310 e. The van der Waals surface area contributed by atoms with Crippen LogP contribution in [0.5, 0.6) is 0 Å². The van der Waals surface area contributed by atoms with Crippen LogP contribution in [-0.2, 0) is 6.42 Å². The number of halogens is 1. The lowest BCUT2D eigenvalue weighted by atomic mass is 9.95. The number of aryl methyl sites for hydroxylation is 1. The van der Waals surface area contributed by atoms with E-state index >= 15 is 0 Å². The van der Waals surface area contributed by atoms with Gasteiger partial charge < -0.3 is 5.32 Å². The molecule has 1 aliphatic rings. The van der Waals surface area contributed by atoms with E-state index in [1.54, 1.807) is 6.07 Å². The summed E-state index contributed by atoms with van der Waals surface area (Å²) in [5.41, 5.74) is 5.57. The third kappa shape index (κ3) is 2.73. The van der Waals surface area contributed by atoms with Gasteiger partial charge in [-0.1, -0.05) is 36.8 Å². The maximum atomic E-state index is 14.2. The first-order chi connectivity index (χ1) is 10.2. The van der Waals surface area contributed by atoms with Crippen LogP contribution in [0.2, 0.25) is 0 Å². The van der Waals surface area contributed by atoms with Crippen molar-refractivity contribution < 1.29 is 4.39 Å². The van der Waals surface area contributed by atoms with Gasteiger partial charge in [-0.05, 0) is 61.6 Å². The molecule has 1 aliphatic carbocycles. The molecule has 0 bridgehead atoms. The van der Waals surface area contributed by atoms with E-state index in [1.807, 2.05) is 19.1 Å². The lowest BCUT2D eigenvalue weighted by Gasteiger charge is -2.15. The molecule has 0 radical (unpaired) electrons. The van der Waals surface area contributed by atoms with Gasteiger partial charge in [0.15, 0.2) is 0 Å². The Kier molecular flexibility index (Phi) is 4.07. The van der Waals surface area contributed by atoms with Crippen LogP contribution in [-0.4, -0.2) is 6.54 Å². The van der Waals surface area contributed by atoms with Gasteiger partial charge in [0.05, 0.1) is 0 Å². The first-order valence-electron chi connectivity index (χ1n) is 7.82. The van der Waals surface area contributed by atoms with Crippen LogP contribution < -0.4 is 5.32 Å². The van der Waals surface area contributed by atoms with Crippen molar-refractivity contribution in [1.29, 1.82) is 0 Å². The van der Waals surface area contributed by atoms with Crippen LogP contribution in [0.15, 0.2) is 36.4 Å². The number of benzene rings is 2. The van der Waals surface area contributed by atoms with Crippen molar-refractivity contribution in [3.8, 4) is 11.1 Å². The molecule has 2 aromatic carbocycles. The van der Waals surface area contributed by atoms with Gasteiger partial charge in [-0.2, -0.15) is 0 Å². The summed E-state index contributed by atoms with van der Waals surface area (Å²) in [6.07, 6.45) is 3.28. The SMILES string of the molecule is CCCNC1CCc2c(-c3cc(C)ccc3F)cccc21. The van der Waals surface area contributed by atoms with Gasteiger partial charge in [-0.15, -0.1) is 0 Å². The summed E-state index contributed by atoms with van der Waals surface area (Å²) in [5.74, 6) is -0.126. The van der Waals surface area contributed by atoms with Crippen LogP contribution >= 0.6 is 0 Å². The van der Waals surface area contributed by atoms with Crippen molar-refractivity contribution in [2.45, 2.75) is 39.2 Å². The smallest absolute Gasteiger partial charge is 0.131 e. The van der Waals surface area contributed by atoms with Crippen LogP contribution in [0.1, 0.15) is 42.5 Å². The van der Waals surface area contributed by atoms with Gasteiger partial charge in [0.1, 0.15) is 5.82 Å². The van der Waals surface area contributed by atoms with E-state index in [2.05, 4.69) is 30.4 Å². The lowest BCUT2D eigenvalue weighted by molar-refractivity contribution is 0.529. The summed E-state index contributed by atoms with van der Waals surface area (Å²) in [6, 6.07) is 12.1. The average molecular weight is 283 g/mol. The average Bonchev–Trinajstić information content (AvgIpc) is 2.91. The van der Waals surface area contributed by atoms with E-state index in [9.17, 15) is 4.39 Å². The molecule has 1 N–H and O–H groups in total. The molecule has 3 rings (SSSR count). The molecule has 0 amide bonds. The first-order valence-corrected chi connectivity index (χ1v) is 7.82. The van der Waals surface area contributed by atoms with E-state index in [4.69, 9.17) is 0 Å². The zero-order valence-electron chi connectivity index (χ0n) is 12.7. The van der Waals surface area contributed by atoms with Crippen LogP contribution in [0, 0.1) is 12.7 Å². The zero-order chi connectivity index (χ0) is 14.8. The highest BCUT2D eigenvalue weighted by atomic mass is 19.1. The Morgan fingerprint density at radius 1 is 1.19 bits per heavy atom. The van der Waals surface area contributed by atoms with Gasteiger partial charge in [-0.25, -0.2) is 4.39 Å². The van der Waals surface area contributed by atoms with Gasteiger partial charge in [-0.3, -0.25) is 0 Å². The number of hydrogen-bond donors (Lipinski definition) is 1. The Labute approximate surface area is 126 Å². The number of hydrogen-bond acceptors (Lipinski definition) is 1. The minimum Gasteiger partial charge on any atom is -0.310 e. The second kappa shape index (κ2) is 5.98. The normalized spacial score (nSPS) is 17.0. The third-order valence-electron chi connectivity index (χ3n) is 4.32. The minimum atomic E-state index is -0.126. The Morgan fingerprint density at radius 3 is 2.86 bits per heavy atom. The summed E-state index contributed by atoms with van der Waals surface area (Å²) in [4.78, 5) is 0. The number of rotatable bonds is 4. The Balaban J connectivity index is 2.02. The van der Waals surface area contributed by atoms with Gasteiger partial charge in [0.25, 0.3) is 0 Å². The maximum Gasteiger partial charge on any atom is 0.131 e. The quantitative estimate of drug-likeness (QED) is 0.851. The van der Waals surface area contributed by atoms with Crippen molar-refractivity contribution in [2.75, 3.05) is 6.54 Å². The predicted molar refractivity (Wildman–Crippen MR) is 85.9 cm³/mol. The molecule has 1 nitrogen and oxygen atoms in total. The monoisotopic (exact) mass is 283 g/mol. The first kappa shape index (κ1) is 14.3. The predicted octanol–water partition coefficient (Wildman–Crippen LogP) is 4.79. The van der Waals surface area contributed by atoms with Crippen LogP contribution in [0.3, 0.4) is 0 Å². The highest BCUT2D eigenvalue weighted by Gasteiger charge is 2.25. The molecular weight excluding hydrogens is 261 g/mol. The molecule has 1 atom stereocenters. The summed E-state index contributed by atoms with van der Waals surface area (Å²) in [6.45, 7) is 5.23. The lowest BCUT2D eigenvalue weighted by Crippen LogP contribution is -2.19. The fourth-order valence-corrected chi connectivity index (χ4v) is 3.28. The molecule has 0 spiro atoms. The van der Waals surface area contributed by atoms with E-state index in [1.165, 1.54) is 11.1 Å². The highest BCUT2D eigenvalue weighted by Crippen LogP contribution is 2.38. The van der Waals surface area contributed by atoms with E-state index < -0.39 is 0 Å². The zero-order valence-corrected chi connectivity index (χ0v) is 12.7. The molecule has 110 valence electrons. The van der Waals surface area contributed by atoms with Crippen LogP contribution in [0.4, 0.5) is 4.39 Å². The fraction of sp³-hybridized carbons (Fsp3) is 0.368. The Bertz CT molecular complexity index is 648. The minimum absolute atomic E-state index is 0.126. The van der Waals surface area contributed by atoms with Crippen LogP contribution in [0.25, 0.3) is 11.1 Å². The standard InChI is InChI=1S/C19H22FN/c1-3-11-21-19-10-8-15-14(5-4-6-16(15)19)17-12-13(2)7-9-18(17)20/h4-7,9,12,19,21H,3,8,10-11H2,1-2H3. The summed E-state index contributed by atoms with van der Waals surface area (Å²) >= 11 is 0. The molecule has 0 saturated heterocycles. The highest BCUT2D eigenvalue weighted by molar-refractivity contribution is 5.71. The molecule has 21 heavy (non-hydrogen) atoms. The Morgan fingerprint density at radius 2 is 2.05 bits per heavy atom. The van der Waals surface area contributed by atoms with Gasteiger partial charge in [0.2, 0.25) is 0 Å². The topological polar surface area (TPSA) is 12.0 Å². The molecule has 0 fully saturated rings. The molecule has 0 aromatic heterocycles. The number of fused-ring (bicyclic) bond motifs is 1. The van der Waals surface area contributed by atoms with E-state index in [0.717, 1.165) is 42.5 Å². The van der Waals surface area contributed by atoms with E-state index in [-0.39, 0.29) is 5.82 Å². The maximum absolute atomic E-state index is 14.2. The van der Waals surface area contributed by atoms with Crippen molar-refractivity contribution in [3.05, 3.63) is 58.9 Å². The number of nitrogens with one attached hydrogen (secondary N) is 1. The summed E-state index contributed by atoms with van der Waals surface area (Å²) < 4.78 is 14.2. The molecule has 1 unspecified atom stereocenters.